The van der Waals surface area contributed by atoms with Gasteiger partial charge in [0.25, 0.3) is 0 Å². The fraction of sp³-hybridized carbons (Fsp3) is 0.308. The summed E-state index contributed by atoms with van der Waals surface area (Å²) in [5.41, 5.74) is 2.40. The number of amides is 1. The van der Waals surface area contributed by atoms with E-state index >= 15 is 0 Å². The van der Waals surface area contributed by atoms with Gasteiger partial charge in [-0.2, -0.15) is 0 Å². The second-order valence-electron chi connectivity index (χ2n) is 4.20. The van der Waals surface area contributed by atoms with Gasteiger partial charge in [0.05, 0.1) is 6.04 Å². The van der Waals surface area contributed by atoms with E-state index in [1.165, 1.54) is 5.56 Å². The van der Waals surface area contributed by atoms with Gasteiger partial charge in [-0.25, -0.2) is 0 Å². The topological polar surface area (TPSA) is 20.3 Å². The van der Waals surface area contributed by atoms with Gasteiger partial charge in [0, 0.05) is 18.5 Å². The highest BCUT2D eigenvalue weighted by atomic mass is 16.2. The molecule has 1 aliphatic carbocycles. The van der Waals surface area contributed by atoms with E-state index < -0.39 is 0 Å². The Morgan fingerprint density at radius 1 is 1.40 bits per heavy atom. The maximum absolute atomic E-state index is 11.6. The average molecular weight is 199 g/mol. The number of rotatable bonds is 0. The molecule has 1 heterocycles. The van der Waals surface area contributed by atoms with Crippen molar-refractivity contribution in [2.75, 3.05) is 4.90 Å². The summed E-state index contributed by atoms with van der Waals surface area (Å²) in [5.74, 6) is 0.573. The molecule has 0 saturated carbocycles. The molecule has 15 heavy (non-hydrogen) atoms. The third-order valence-corrected chi connectivity index (χ3v) is 3.36. The standard InChI is InChI=1S/C13H13NO/c1-9(15)14-12-7-3-2-5-10(12)11-6-4-8-13(11)14/h2-7,11,13H,8H2,1H3. The lowest BCUT2D eigenvalue weighted by Crippen LogP contribution is -2.35. The van der Waals surface area contributed by atoms with Crippen molar-refractivity contribution in [3.8, 4) is 0 Å². The molecule has 1 aromatic rings. The van der Waals surface area contributed by atoms with Crippen LogP contribution < -0.4 is 4.90 Å². The maximum atomic E-state index is 11.6. The molecule has 3 rings (SSSR count). The molecule has 76 valence electrons. The van der Waals surface area contributed by atoms with E-state index in [4.69, 9.17) is 0 Å². The first-order valence-corrected chi connectivity index (χ1v) is 5.34. The fourth-order valence-corrected chi connectivity index (χ4v) is 2.79. The van der Waals surface area contributed by atoms with Gasteiger partial charge >= 0.3 is 0 Å². The molecule has 0 spiro atoms. The Balaban J connectivity index is 2.16. The molecule has 0 saturated heterocycles. The van der Waals surface area contributed by atoms with Crippen molar-refractivity contribution in [1.82, 2.24) is 0 Å². The second kappa shape index (κ2) is 2.96. The minimum atomic E-state index is 0.152. The van der Waals surface area contributed by atoms with Crippen LogP contribution in [0, 0.1) is 0 Å². The molecule has 2 unspecified atom stereocenters. The number of hydrogen-bond donors (Lipinski definition) is 0. The van der Waals surface area contributed by atoms with Crippen LogP contribution in [0.5, 0.6) is 0 Å². The SMILES string of the molecule is CC(=O)N1c2ccccc2C2C=CCC21. The van der Waals surface area contributed by atoms with Gasteiger partial charge in [0.2, 0.25) is 5.91 Å². The average Bonchev–Trinajstić information content (AvgIpc) is 2.75. The number of carbonyl (C=O) groups excluding carboxylic acids is 1. The molecule has 0 bridgehead atoms. The number of para-hydroxylation sites is 1. The number of benzene rings is 1. The molecule has 0 N–H and O–H groups in total. The first-order chi connectivity index (χ1) is 7.29. The van der Waals surface area contributed by atoms with E-state index in [0.29, 0.717) is 12.0 Å². The van der Waals surface area contributed by atoms with Crippen molar-refractivity contribution < 1.29 is 4.79 Å². The highest BCUT2D eigenvalue weighted by molar-refractivity contribution is 5.95. The van der Waals surface area contributed by atoms with Crippen LogP contribution in [0.15, 0.2) is 36.4 Å². The monoisotopic (exact) mass is 199 g/mol. The number of fused-ring (bicyclic) bond motifs is 3. The van der Waals surface area contributed by atoms with Crippen LogP contribution in [-0.2, 0) is 4.79 Å². The molecule has 0 fully saturated rings. The number of hydrogen-bond acceptors (Lipinski definition) is 1. The number of anilines is 1. The summed E-state index contributed by atoms with van der Waals surface area (Å²) in [4.78, 5) is 13.6. The summed E-state index contributed by atoms with van der Waals surface area (Å²) in [7, 11) is 0. The molecular formula is C13H13NO. The van der Waals surface area contributed by atoms with E-state index in [0.717, 1.165) is 12.1 Å². The smallest absolute Gasteiger partial charge is 0.224 e. The molecule has 1 aromatic carbocycles. The van der Waals surface area contributed by atoms with Gasteiger partial charge in [-0.1, -0.05) is 30.4 Å². The summed E-state index contributed by atoms with van der Waals surface area (Å²) >= 11 is 0. The van der Waals surface area contributed by atoms with E-state index in [1.54, 1.807) is 6.92 Å². The Morgan fingerprint density at radius 2 is 2.20 bits per heavy atom. The zero-order valence-corrected chi connectivity index (χ0v) is 8.68. The van der Waals surface area contributed by atoms with Gasteiger partial charge in [0.1, 0.15) is 0 Å². The Morgan fingerprint density at radius 3 is 3.00 bits per heavy atom. The third-order valence-electron chi connectivity index (χ3n) is 3.36. The zero-order chi connectivity index (χ0) is 10.4. The molecule has 0 radical (unpaired) electrons. The van der Waals surface area contributed by atoms with E-state index in [2.05, 4.69) is 18.2 Å². The predicted molar refractivity (Wildman–Crippen MR) is 59.9 cm³/mol. The van der Waals surface area contributed by atoms with Crippen molar-refractivity contribution in [1.29, 1.82) is 0 Å². The number of nitrogens with zero attached hydrogens (tertiary/aromatic N) is 1. The van der Waals surface area contributed by atoms with Gasteiger partial charge < -0.3 is 4.90 Å². The molecule has 2 nitrogen and oxygen atoms in total. The zero-order valence-electron chi connectivity index (χ0n) is 8.68. The van der Waals surface area contributed by atoms with Crippen molar-refractivity contribution in [2.24, 2.45) is 0 Å². The largest absolute Gasteiger partial charge is 0.308 e. The Labute approximate surface area is 89.2 Å². The van der Waals surface area contributed by atoms with Crippen LogP contribution in [0.1, 0.15) is 24.8 Å². The lowest BCUT2D eigenvalue weighted by molar-refractivity contribution is -0.116. The number of carbonyl (C=O) groups is 1. The van der Waals surface area contributed by atoms with Crippen LogP contribution in [-0.4, -0.2) is 11.9 Å². The summed E-state index contributed by atoms with van der Waals surface area (Å²) in [6, 6.07) is 8.56. The van der Waals surface area contributed by atoms with E-state index in [9.17, 15) is 4.79 Å². The lowest BCUT2D eigenvalue weighted by atomic mass is 9.98. The van der Waals surface area contributed by atoms with Gasteiger partial charge in [0.15, 0.2) is 0 Å². The fourth-order valence-electron chi connectivity index (χ4n) is 2.79. The first kappa shape index (κ1) is 8.72. The minimum Gasteiger partial charge on any atom is -0.308 e. The van der Waals surface area contributed by atoms with Crippen molar-refractivity contribution in [3.05, 3.63) is 42.0 Å². The van der Waals surface area contributed by atoms with Gasteiger partial charge in [-0.05, 0) is 18.1 Å². The molecule has 1 aliphatic heterocycles. The van der Waals surface area contributed by atoms with Crippen molar-refractivity contribution in [2.45, 2.75) is 25.3 Å². The molecule has 2 heteroatoms. The Kier molecular flexibility index (Phi) is 1.72. The summed E-state index contributed by atoms with van der Waals surface area (Å²) in [6.45, 7) is 1.65. The van der Waals surface area contributed by atoms with E-state index in [-0.39, 0.29) is 5.91 Å². The second-order valence-corrected chi connectivity index (χ2v) is 4.20. The third kappa shape index (κ3) is 1.08. The quantitative estimate of drug-likeness (QED) is 0.588. The predicted octanol–water partition coefficient (Wildman–Crippen LogP) is 2.47. The summed E-state index contributed by atoms with van der Waals surface area (Å²) in [6.07, 6.45) is 5.40. The molecule has 0 aromatic heterocycles. The first-order valence-electron chi connectivity index (χ1n) is 5.34. The van der Waals surface area contributed by atoms with Crippen LogP contribution in [0.4, 0.5) is 5.69 Å². The summed E-state index contributed by atoms with van der Waals surface area (Å²) in [5, 5.41) is 0. The normalized spacial score (nSPS) is 26.6. The molecular weight excluding hydrogens is 186 g/mol. The molecule has 2 aliphatic rings. The van der Waals surface area contributed by atoms with Crippen molar-refractivity contribution >= 4 is 11.6 Å². The highest BCUT2D eigenvalue weighted by Gasteiger charge is 2.40. The van der Waals surface area contributed by atoms with Crippen LogP contribution in [0.25, 0.3) is 0 Å². The summed E-state index contributed by atoms with van der Waals surface area (Å²) < 4.78 is 0. The Hall–Kier alpha value is -1.57. The molecule has 2 atom stereocenters. The maximum Gasteiger partial charge on any atom is 0.224 e. The Bertz CT molecular complexity index is 450. The highest BCUT2D eigenvalue weighted by Crippen LogP contribution is 2.45. The van der Waals surface area contributed by atoms with Crippen molar-refractivity contribution in [3.63, 3.8) is 0 Å². The molecule has 1 amide bonds. The minimum absolute atomic E-state index is 0.152. The van der Waals surface area contributed by atoms with Crippen LogP contribution in [0.3, 0.4) is 0 Å². The van der Waals surface area contributed by atoms with E-state index in [1.807, 2.05) is 23.1 Å². The van der Waals surface area contributed by atoms with Crippen LogP contribution in [0.2, 0.25) is 0 Å². The van der Waals surface area contributed by atoms with Gasteiger partial charge in [-0.3, -0.25) is 4.79 Å². The van der Waals surface area contributed by atoms with Gasteiger partial charge in [-0.15, -0.1) is 0 Å². The van der Waals surface area contributed by atoms with Crippen LogP contribution >= 0.6 is 0 Å². The lowest BCUT2D eigenvalue weighted by Gasteiger charge is -2.23.